The predicted molar refractivity (Wildman–Crippen MR) is 61.8 cm³/mol. The Labute approximate surface area is 102 Å². The van der Waals surface area contributed by atoms with Crippen molar-refractivity contribution in [3.05, 3.63) is 16.6 Å². The Kier molecular flexibility index (Phi) is 3.04. The molecule has 0 spiro atoms. The number of rotatable bonds is 1. The lowest BCUT2D eigenvalue weighted by Crippen LogP contribution is -2.25. The number of hydrogen-bond donors (Lipinski definition) is 1. The summed E-state index contributed by atoms with van der Waals surface area (Å²) in [5.41, 5.74) is 0.489. The number of carbonyl (C=O) groups is 1. The van der Waals surface area contributed by atoms with Crippen molar-refractivity contribution in [2.45, 2.75) is 11.7 Å². The van der Waals surface area contributed by atoms with Gasteiger partial charge in [-0.25, -0.2) is 9.97 Å². The maximum absolute atomic E-state index is 11.6. The van der Waals surface area contributed by atoms with Gasteiger partial charge in [0, 0.05) is 18.2 Å². The average Bonchev–Trinajstić information content (AvgIpc) is 2.45. The molecule has 1 unspecified atom stereocenters. The molecule has 1 aliphatic rings. The fourth-order valence-corrected chi connectivity index (χ4v) is 2.16. The van der Waals surface area contributed by atoms with Crippen LogP contribution in [0.1, 0.15) is 6.42 Å². The van der Waals surface area contributed by atoms with Gasteiger partial charge in [-0.2, -0.15) is 12.6 Å². The third-order valence-electron chi connectivity index (χ3n) is 2.09. The van der Waals surface area contributed by atoms with E-state index in [4.69, 9.17) is 23.2 Å². The fraction of sp³-hybridized carbons (Fsp3) is 0.375. The smallest absolute Gasteiger partial charge is 0.228 e. The molecule has 0 radical (unpaired) electrons. The van der Waals surface area contributed by atoms with E-state index in [9.17, 15) is 4.79 Å². The summed E-state index contributed by atoms with van der Waals surface area (Å²) in [6, 6.07) is 0. The van der Waals surface area contributed by atoms with Crippen molar-refractivity contribution in [1.29, 1.82) is 0 Å². The highest BCUT2D eigenvalue weighted by Crippen LogP contribution is 2.29. The maximum atomic E-state index is 11.6. The van der Waals surface area contributed by atoms with Crippen molar-refractivity contribution in [2.75, 3.05) is 11.4 Å². The number of halogens is 2. The molecule has 0 saturated carbocycles. The quantitative estimate of drug-likeness (QED) is 0.478. The number of carbonyl (C=O) groups excluding carboxylic acids is 1. The van der Waals surface area contributed by atoms with Gasteiger partial charge < -0.3 is 4.90 Å². The highest BCUT2D eigenvalue weighted by molar-refractivity contribution is 7.81. The molecular weight excluding hydrogens is 257 g/mol. The Morgan fingerprint density at radius 3 is 2.80 bits per heavy atom. The van der Waals surface area contributed by atoms with Crippen molar-refractivity contribution in [2.24, 2.45) is 0 Å². The number of anilines is 1. The van der Waals surface area contributed by atoms with Crippen LogP contribution >= 0.6 is 35.8 Å². The molecule has 80 valence electrons. The lowest BCUT2D eigenvalue weighted by molar-refractivity contribution is -0.117. The third-order valence-corrected chi connectivity index (χ3v) is 2.90. The summed E-state index contributed by atoms with van der Waals surface area (Å²) >= 11 is 15.7. The molecule has 7 heteroatoms. The second-order valence-corrected chi connectivity index (χ2v) is 4.60. The van der Waals surface area contributed by atoms with Crippen LogP contribution in [0.25, 0.3) is 0 Å². The first-order chi connectivity index (χ1) is 7.08. The van der Waals surface area contributed by atoms with Crippen LogP contribution in [-0.2, 0) is 4.79 Å². The summed E-state index contributed by atoms with van der Waals surface area (Å²) in [5, 5.41) is 0.285. The zero-order chi connectivity index (χ0) is 11.0. The normalized spacial score (nSPS) is 21.1. The molecule has 2 heterocycles. The van der Waals surface area contributed by atoms with Crippen LogP contribution in [0.4, 0.5) is 5.69 Å². The van der Waals surface area contributed by atoms with E-state index in [0.29, 0.717) is 18.7 Å². The first kappa shape index (κ1) is 11.0. The minimum Gasteiger partial charge on any atom is -0.307 e. The van der Waals surface area contributed by atoms with E-state index in [1.807, 2.05) is 0 Å². The van der Waals surface area contributed by atoms with Gasteiger partial charge in [-0.15, -0.1) is 0 Å². The van der Waals surface area contributed by atoms with Gasteiger partial charge in [0.2, 0.25) is 11.2 Å². The Morgan fingerprint density at radius 2 is 2.27 bits per heavy atom. The van der Waals surface area contributed by atoms with E-state index < -0.39 is 0 Å². The number of hydrogen-bond acceptors (Lipinski definition) is 4. The van der Waals surface area contributed by atoms with Gasteiger partial charge in [-0.3, -0.25) is 4.79 Å². The average molecular weight is 264 g/mol. The molecule has 0 bridgehead atoms. The Balaban J connectivity index is 2.34. The van der Waals surface area contributed by atoms with Crippen LogP contribution in [-0.4, -0.2) is 27.7 Å². The minimum atomic E-state index is -0.0252. The van der Waals surface area contributed by atoms with Crippen molar-refractivity contribution in [3.8, 4) is 0 Å². The summed E-state index contributed by atoms with van der Waals surface area (Å²) in [6.07, 6.45) is 1.85. The highest BCUT2D eigenvalue weighted by Gasteiger charge is 2.30. The summed E-state index contributed by atoms with van der Waals surface area (Å²) in [5.74, 6) is -0.0252. The maximum Gasteiger partial charge on any atom is 0.228 e. The highest BCUT2D eigenvalue weighted by atomic mass is 35.5. The third kappa shape index (κ3) is 2.19. The van der Waals surface area contributed by atoms with Crippen molar-refractivity contribution >= 4 is 47.4 Å². The number of thiol groups is 1. The standard InChI is InChI=1S/C8H7Cl2N3OS/c9-7-5(2-11-8(10)12-7)13-3-4(15)1-6(13)14/h2,4,15H,1,3H2. The molecule has 1 aromatic heterocycles. The van der Waals surface area contributed by atoms with E-state index >= 15 is 0 Å². The van der Waals surface area contributed by atoms with Crippen molar-refractivity contribution in [3.63, 3.8) is 0 Å². The first-order valence-corrected chi connectivity index (χ1v) is 5.51. The van der Waals surface area contributed by atoms with E-state index in [0.717, 1.165) is 0 Å². The summed E-state index contributed by atoms with van der Waals surface area (Å²) < 4.78 is 0. The monoisotopic (exact) mass is 263 g/mol. The second kappa shape index (κ2) is 4.15. The van der Waals surface area contributed by atoms with E-state index in [1.54, 1.807) is 0 Å². The number of aromatic nitrogens is 2. The molecular formula is C8H7Cl2N3OS. The van der Waals surface area contributed by atoms with Gasteiger partial charge in [0.1, 0.15) is 5.69 Å². The van der Waals surface area contributed by atoms with Gasteiger partial charge >= 0.3 is 0 Å². The summed E-state index contributed by atoms with van der Waals surface area (Å²) in [4.78, 5) is 20.6. The lowest BCUT2D eigenvalue weighted by atomic mass is 10.4. The van der Waals surface area contributed by atoms with Gasteiger partial charge in [0.25, 0.3) is 0 Å². The zero-order valence-corrected chi connectivity index (χ0v) is 9.93. The van der Waals surface area contributed by atoms with Crippen LogP contribution < -0.4 is 4.90 Å². The largest absolute Gasteiger partial charge is 0.307 e. The zero-order valence-electron chi connectivity index (χ0n) is 7.52. The summed E-state index contributed by atoms with van der Waals surface area (Å²) in [7, 11) is 0. The van der Waals surface area contributed by atoms with Gasteiger partial charge in [0.15, 0.2) is 5.15 Å². The molecule has 1 atom stereocenters. The number of nitrogens with zero attached hydrogens (tertiary/aromatic N) is 3. The molecule has 15 heavy (non-hydrogen) atoms. The lowest BCUT2D eigenvalue weighted by Gasteiger charge is -2.16. The van der Waals surface area contributed by atoms with Crippen LogP contribution in [0.3, 0.4) is 0 Å². The first-order valence-electron chi connectivity index (χ1n) is 4.24. The van der Waals surface area contributed by atoms with Crippen LogP contribution in [0.2, 0.25) is 10.4 Å². The molecule has 0 aromatic carbocycles. The van der Waals surface area contributed by atoms with Crippen LogP contribution in [0.5, 0.6) is 0 Å². The SMILES string of the molecule is O=C1CC(S)CN1c1cnc(Cl)nc1Cl. The van der Waals surface area contributed by atoms with E-state index in [-0.39, 0.29) is 21.6 Å². The van der Waals surface area contributed by atoms with Crippen LogP contribution in [0, 0.1) is 0 Å². The molecule has 1 fully saturated rings. The molecule has 2 rings (SSSR count). The summed E-state index contributed by atoms with van der Waals surface area (Å²) in [6.45, 7) is 0.520. The van der Waals surface area contributed by atoms with Crippen LogP contribution in [0.15, 0.2) is 6.20 Å². The minimum absolute atomic E-state index is 0.0252. The Morgan fingerprint density at radius 1 is 1.53 bits per heavy atom. The van der Waals surface area contributed by atoms with E-state index in [1.165, 1.54) is 11.1 Å². The Hall–Kier alpha value is -0.520. The van der Waals surface area contributed by atoms with Gasteiger partial charge in [-0.05, 0) is 11.6 Å². The molecule has 1 amide bonds. The number of amides is 1. The Bertz CT molecular complexity index is 415. The van der Waals surface area contributed by atoms with Crippen molar-refractivity contribution < 1.29 is 4.79 Å². The fourth-order valence-electron chi connectivity index (χ4n) is 1.44. The van der Waals surface area contributed by atoms with Gasteiger partial charge in [0.05, 0.1) is 6.20 Å². The molecule has 1 aliphatic heterocycles. The molecule has 0 N–H and O–H groups in total. The molecule has 0 aliphatic carbocycles. The second-order valence-electron chi connectivity index (χ2n) is 3.18. The molecule has 1 aromatic rings. The topological polar surface area (TPSA) is 46.1 Å². The van der Waals surface area contributed by atoms with Crippen molar-refractivity contribution in [1.82, 2.24) is 9.97 Å². The predicted octanol–water partition coefficient (Wildman–Crippen LogP) is 1.82. The molecule has 4 nitrogen and oxygen atoms in total. The van der Waals surface area contributed by atoms with E-state index in [2.05, 4.69) is 22.6 Å². The molecule has 1 saturated heterocycles. The van der Waals surface area contributed by atoms with Gasteiger partial charge in [-0.1, -0.05) is 11.6 Å².